The van der Waals surface area contributed by atoms with Crippen molar-refractivity contribution in [3.05, 3.63) is 12.2 Å². The Labute approximate surface area is 72.7 Å². The van der Waals surface area contributed by atoms with Gasteiger partial charge < -0.3 is 10.0 Å². The van der Waals surface area contributed by atoms with Gasteiger partial charge in [0.25, 0.3) is 0 Å². The zero-order valence-electron chi connectivity index (χ0n) is 7.20. The molecule has 1 N–H and O–H groups in total. The highest BCUT2D eigenvalue weighted by Gasteiger charge is 2.09. The molecule has 1 aliphatic heterocycles. The molecule has 3 nitrogen and oxygen atoms in total. The van der Waals surface area contributed by atoms with Gasteiger partial charge in [-0.05, 0) is 32.4 Å². The SMILES string of the molecule is O=C(O)/C=C\CCN1CCCC1. The van der Waals surface area contributed by atoms with E-state index >= 15 is 0 Å². The van der Waals surface area contributed by atoms with Crippen LogP contribution >= 0.6 is 0 Å². The Kier molecular flexibility index (Phi) is 3.80. The van der Waals surface area contributed by atoms with Crippen LogP contribution in [0, 0.1) is 0 Å². The van der Waals surface area contributed by atoms with Crippen molar-refractivity contribution in [3.63, 3.8) is 0 Å². The molecule has 0 aromatic rings. The second kappa shape index (κ2) is 4.93. The Bertz CT molecular complexity index is 171. The van der Waals surface area contributed by atoms with Gasteiger partial charge in [0.1, 0.15) is 0 Å². The molecule has 3 heteroatoms. The van der Waals surface area contributed by atoms with Crippen LogP contribution in [0.15, 0.2) is 12.2 Å². The molecule has 0 radical (unpaired) electrons. The monoisotopic (exact) mass is 169 g/mol. The van der Waals surface area contributed by atoms with Crippen molar-refractivity contribution in [2.45, 2.75) is 19.3 Å². The molecule has 1 aliphatic rings. The topological polar surface area (TPSA) is 40.5 Å². The van der Waals surface area contributed by atoms with E-state index in [0.717, 1.165) is 13.0 Å². The molecule has 0 aromatic heterocycles. The molecule has 0 aliphatic carbocycles. The van der Waals surface area contributed by atoms with Crippen LogP contribution in [0.2, 0.25) is 0 Å². The minimum Gasteiger partial charge on any atom is -0.478 e. The molecule has 0 unspecified atom stereocenters. The fourth-order valence-corrected chi connectivity index (χ4v) is 1.45. The molecule has 0 amide bonds. The summed E-state index contributed by atoms with van der Waals surface area (Å²) in [4.78, 5) is 12.5. The van der Waals surface area contributed by atoms with Crippen LogP contribution < -0.4 is 0 Å². The molecule has 1 saturated heterocycles. The first-order chi connectivity index (χ1) is 5.79. The summed E-state index contributed by atoms with van der Waals surface area (Å²) < 4.78 is 0. The van der Waals surface area contributed by atoms with Crippen molar-refractivity contribution < 1.29 is 9.90 Å². The van der Waals surface area contributed by atoms with E-state index in [4.69, 9.17) is 5.11 Å². The van der Waals surface area contributed by atoms with Crippen LogP contribution in [0.3, 0.4) is 0 Å². The number of rotatable bonds is 4. The molecule has 1 heterocycles. The highest BCUT2D eigenvalue weighted by molar-refractivity contribution is 5.79. The summed E-state index contributed by atoms with van der Waals surface area (Å²) in [5.74, 6) is -0.851. The number of hydrogen-bond acceptors (Lipinski definition) is 2. The van der Waals surface area contributed by atoms with E-state index in [-0.39, 0.29) is 0 Å². The van der Waals surface area contributed by atoms with Crippen molar-refractivity contribution in [3.8, 4) is 0 Å². The average molecular weight is 169 g/mol. The van der Waals surface area contributed by atoms with Gasteiger partial charge in [0, 0.05) is 12.6 Å². The normalized spacial score (nSPS) is 19.0. The van der Waals surface area contributed by atoms with E-state index in [2.05, 4.69) is 4.90 Å². The number of carboxylic acids is 1. The Morgan fingerprint density at radius 1 is 1.42 bits per heavy atom. The molecule has 0 aromatic carbocycles. The number of carboxylic acid groups (broad SMARTS) is 1. The Morgan fingerprint density at radius 2 is 2.08 bits per heavy atom. The minimum absolute atomic E-state index is 0.851. The largest absolute Gasteiger partial charge is 0.478 e. The van der Waals surface area contributed by atoms with Crippen LogP contribution in [-0.2, 0) is 4.79 Å². The fourth-order valence-electron chi connectivity index (χ4n) is 1.45. The molecule has 68 valence electrons. The molecular weight excluding hydrogens is 154 g/mol. The van der Waals surface area contributed by atoms with E-state index in [1.54, 1.807) is 6.08 Å². The van der Waals surface area contributed by atoms with Crippen molar-refractivity contribution in [2.24, 2.45) is 0 Å². The molecule has 1 rings (SSSR count). The molecular formula is C9H15NO2. The number of likely N-dealkylation sites (tertiary alicyclic amines) is 1. The quantitative estimate of drug-likeness (QED) is 0.641. The summed E-state index contributed by atoms with van der Waals surface area (Å²) in [5, 5.41) is 8.31. The molecule has 0 spiro atoms. The lowest BCUT2D eigenvalue weighted by molar-refractivity contribution is -0.131. The van der Waals surface area contributed by atoms with Crippen LogP contribution in [0.4, 0.5) is 0 Å². The van der Waals surface area contributed by atoms with E-state index in [1.165, 1.54) is 32.0 Å². The maximum atomic E-state index is 10.1. The minimum atomic E-state index is -0.851. The summed E-state index contributed by atoms with van der Waals surface area (Å²) in [7, 11) is 0. The second-order valence-corrected chi connectivity index (χ2v) is 3.08. The first kappa shape index (κ1) is 9.26. The zero-order valence-corrected chi connectivity index (χ0v) is 7.20. The number of hydrogen-bond donors (Lipinski definition) is 1. The Morgan fingerprint density at radius 3 is 2.67 bits per heavy atom. The maximum absolute atomic E-state index is 10.1. The summed E-state index contributed by atoms with van der Waals surface area (Å²) >= 11 is 0. The summed E-state index contributed by atoms with van der Waals surface area (Å²) in [5.41, 5.74) is 0. The predicted octanol–water partition coefficient (Wildman–Crippen LogP) is 1.11. The van der Waals surface area contributed by atoms with Gasteiger partial charge >= 0.3 is 5.97 Å². The predicted molar refractivity (Wildman–Crippen MR) is 47.1 cm³/mol. The number of nitrogens with zero attached hydrogens (tertiary/aromatic N) is 1. The van der Waals surface area contributed by atoms with Gasteiger partial charge in [0.05, 0.1) is 0 Å². The lowest BCUT2D eigenvalue weighted by atomic mass is 10.3. The number of aliphatic carboxylic acids is 1. The van der Waals surface area contributed by atoms with Crippen molar-refractivity contribution >= 4 is 5.97 Å². The van der Waals surface area contributed by atoms with E-state index in [9.17, 15) is 4.79 Å². The van der Waals surface area contributed by atoms with Gasteiger partial charge in [-0.25, -0.2) is 4.79 Å². The molecule has 0 atom stereocenters. The first-order valence-corrected chi connectivity index (χ1v) is 4.41. The molecule has 0 bridgehead atoms. The van der Waals surface area contributed by atoms with Crippen molar-refractivity contribution in [1.29, 1.82) is 0 Å². The summed E-state index contributed by atoms with van der Waals surface area (Å²) in [6.07, 6.45) is 6.38. The Hall–Kier alpha value is -0.830. The van der Waals surface area contributed by atoms with E-state index in [0.29, 0.717) is 0 Å². The van der Waals surface area contributed by atoms with E-state index in [1.807, 2.05) is 0 Å². The van der Waals surface area contributed by atoms with Gasteiger partial charge in [0.2, 0.25) is 0 Å². The second-order valence-electron chi connectivity index (χ2n) is 3.08. The van der Waals surface area contributed by atoms with Gasteiger partial charge in [-0.2, -0.15) is 0 Å². The standard InChI is InChI=1S/C9H15NO2/c11-9(12)5-1-2-6-10-7-3-4-8-10/h1,5H,2-4,6-8H2,(H,11,12)/b5-1-. The van der Waals surface area contributed by atoms with Crippen LogP contribution in [0.5, 0.6) is 0 Å². The van der Waals surface area contributed by atoms with Gasteiger partial charge in [-0.3, -0.25) is 0 Å². The molecule has 12 heavy (non-hydrogen) atoms. The third-order valence-electron chi connectivity index (χ3n) is 2.07. The number of carbonyl (C=O) groups is 1. The third kappa shape index (κ3) is 3.53. The molecule has 1 fully saturated rings. The highest BCUT2D eigenvalue weighted by atomic mass is 16.4. The van der Waals surface area contributed by atoms with Crippen molar-refractivity contribution in [2.75, 3.05) is 19.6 Å². The first-order valence-electron chi connectivity index (χ1n) is 4.41. The summed E-state index contributed by atoms with van der Waals surface area (Å²) in [6, 6.07) is 0. The van der Waals surface area contributed by atoms with Crippen LogP contribution in [0.25, 0.3) is 0 Å². The van der Waals surface area contributed by atoms with Crippen LogP contribution in [0.1, 0.15) is 19.3 Å². The van der Waals surface area contributed by atoms with Crippen LogP contribution in [-0.4, -0.2) is 35.6 Å². The lowest BCUT2D eigenvalue weighted by Crippen LogP contribution is -2.19. The summed E-state index contributed by atoms with van der Waals surface area (Å²) in [6.45, 7) is 3.37. The van der Waals surface area contributed by atoms with Crippen molar-refractivity contribution in [1.82, 2.24) is 4.90 Å². The zero-order chi connectivity index (χ0) is 8.81. The lowest BCUT2D eigenvalue weighted by Gasteiger charge is -2.11. The third-order valence-corrected chi connectivity index (χ3v) is 2.07. The maximum Gasteiger partial charge on any atom is 0.327 e. The molecule has 0 saturated carbocycles. The van der Waals surface area contributed by atoms with Gasteiger partial charge in [0.15, 0.2) is 0 Å². The highest BCUT2D eigenvalue weighted by Crippen LogP contribution is 2.07. The van der Waals surface area contributed by atoms with E-state index < -0.39 is 5.97 Å². The van der Waals surface area contributed by atoms with Gasteiger partial charge in [-0.15, -0.1) is 0 Å². The fraction of sp³-hybridized carbons (Fsp3) is 0.667. The average Bonchev–Trinajstić information content (AvgIpc) is 2.49. The van der Waals surface area contributed by atoms with Gasteiger partial charge in [-0.1, -0.05) is 6.08 Å². The smallest absolute Gasteiger partial charge is 0.327 e. The Balaban J connectivity index is 2.05.